The van der Waals surface area contributed by atoms with Gasteiger partial charge in [-0.3, -0.25) is 0 Å². The quantitative estimate of drug-likeness (QED) is 0.936. The molecule has 3 nitrogen and oxygen atoms in total. The molecule has 3 heteroatoms. The van der Waals surface area contributed by atoms with Crippen molar-refractivity contribution in [2.45, 2.75) is 25.4 Å². The lowest BCUT2D eigenvalue weighted by atomic mass is 9.98. The summed E-state index contributed by atoms with van der Waals surface area (Å²) in [6.07, 6.45) is 1.09. The molecule has 2 aromatic rings. The van der Waals surface area contributed by atoms with Gasteiger partial charge in [-0.05, 0) is 42.7 Å². The summed E-state index contributed by atoms with van der Waals surface area (Å²) in [4.78, 5) is 2.43. The fraction of sp³-hybridized carbons (Fsp3) is 0.333. The molecule has 0 spiro atoms. The van der Waals surface area contributed by atoms with Crippen LogP contribution in [0.4, 0.5) is 5.69 Å². The van der Waals surface area contributed by atoms with Crippen LogP contribution < -0.4 is 15.4 Å². The molecule has 0 aliphatic carbocycles. The summed E-state index contributed by atoms with van der Waals surface area (Å²) in [7, 11) is 1.70. The molecule has 1 aliphatic heterocycles. The van der Waals surface area contributed by atoms with Gasteiger partial charge in [0.2, 0.25) is 0 Å². The third-order valence-corrected chi connectivity index (χ3v) is 4.19. The Balaban J connectivity index is 1.99. The van der Waals surface area contributed by atoms with Crippen molar-refractivity contribution in [1.82, 2.24) is 0 Å². The van der Waals surface area contributed by atoms with Gasteiger partial charge in [-0.15, -0.1) is 0 Å². The standard InChI is InChI=1S/C18H22N2O/c1-13(19)18(15-7-5-8-16(12-15)21-2)20-11-10-14-6-3-4-9-17(14)20/h3-9,12-13,18H,10-11,19H2,1-2H3. The van der Waals surface area contributed by atoms with E-state index in [0.717, 1.165) is 18.7 Å². The number of nitrogens with zero attached hydrogens (tertiary/aromatic N) is 1. The lowest BCUT2D eigenvalue weighted by Crippen LogP contribution is -2.38. The minimum absolute atomic E-state index is 0.0447. The first kappa shape index (κ1) is 14.0. The van der Waals surface area contributed by atoms with E-state index >= 15 is 0 Å². The second kappa shape index (κ2) is 5.78. The van der Waals surface area contributed by atoms with Crippen LogP contribution in [0.3, 0.4) is 0 Å². The highest BCUT2D eigenvalue weighted by molar-refractivity contribution is 5.60. The summed E-state index contributed by atoms with van der Waals surface area (Å²) < 4.78 is 5.36. The van der Waals surface area contributed by atoms with E-state index in [1.165, 1.54) is 16.8 Å². The predicted octanol–water partition coefficient (Wildman–Crippen LogP) is 3.15. The molecule has 2 atom stereocenters. The summed E-state index contributed by atoms with van der Waals surface area (Å²) in [5.41, 5.74) is 10.2. The first-order valence-electron chi connectivity index (χ1n) is 7.45. The maximum atomic E-state index is 6.31. The summed E-state index contributed by atoms with van der Waals surface area (Å²) in [6.45, 7) is 3.09. The second-order valence-electron chi connectivity index (χ2n) is 5.65. The molecule has 0 fully saturated rings. The van der Waals surface area contributed by atoms with E-state index in [9.17, 15) is 0 Å². The number of hydrogen-bond donors (Lipinski definition) is 1. The Bertz CT molecular complexity index is 624. The number of methoxy groups -OCH3 is 1. The highest BCUT2D eigenvalue weighted by Crippen LogP contribution is 2.36. The van der Waals surface area contributed by atoms with Crippen molar-refractivity contribution in [2.75, 3.05) is 18.6 Å². The van der Waals surface area contributed by atoms with Gasteiger partial charge in [0.15, 0.2) is 0 Å². The summed E-state index contributed by atoms with van der Waals surface area (Å²) in [5, 5.41) is 0. The van der Waals surface area contributed by atoms with E-state index in [1.807, 2.05) is 12.1 Å². The number of ether oxygens (including phenoxy) is 1. The minimum atomic E-state index is 0.0447. The molecule has 2 unspecified atom stereocenters. The van der Waals surface area contributed by atoms with E-state index in [-0.39, 0.29) is 12.1 Å². The van der Waals surface area contributed by atoms with E-state index in [2.05, 4.69) is 48.2 Å². The molecule has 1 aliphatic rings. The molecule has 110 valence electrons. The van der Waals surface area contributed by atoms with E-state index in [4.69, 9.17) is 10.5 Å². The van der Waals surface area contributed by atoms with Crippen LogP contribution in [0.25, 0.3) is 0 Å². The number of anilines is 1. The number of hydrogen-bond acceptors (Lipinski definition) is 3. The van der Waals surface area contributed by atoms with Gasteiger partial charge in [-0.1, -0.05) is 30.3 Å². The Kier molecular flexibility index (Phi) is 3.84. The molecule has 3 rings (SSSR count). The van der Waals surface area contributed by atoms with Gasteiger partial charge in [0, 0.05) is 18.3 Å². The average Bonchev–Trinajstić information content (AvgIpc) is 2.91. The number of rotatable bonds is 4. The third-order valence-electron chi connectivity index (χ3n) is 4.19. The average molecular weight is 282 g/mol. The first-order valence-corrected chi connectivity index (χ1v) is 7.45. The molecule has 0 saturated carbocycles. The topological polar surface area (TPSA) is 38.5 Å². The molecule has 0 radical (unpaired) electrons. The number of fused-ring (bicyclic) bond motifs is 1. The van der Waals surface area contributed by atoms with Crippen molar-refractivity contribution >= 4 is 5.69 Å². The Morgan fingerprint density at radius 3 is 2.71 bits per heavy atom. The van der Waals surface area contributed by atoms with Gasteiger partial charge in [-0.25, -0.2) is 0 Å². The highest BCUT2D eigenvalue weighted by atomic mass is 16.5. The smallest absolute Gasteiger partial charge is 0.119 e. The van der Waals surface area contributed by atoms with Crippen molar-refractivity contribution in [1.29, 1.82) is 0 Å². The zero-order valence-electron chi connectivity index (χ0n) is 12.6. The Hall–Kier alpha value is -2.00. The Morgan fingerprint density at radius 2 is 1.95 bits per heavy atom. The van der Waals surface area contributed by atoms with Crippen LogP contribution in [-0.2, 0) is 6.42 Å². The second-order valence-corrected chi connectivity index (χ2v) is 5.65. The van der Waals surface area contributed by atoms with Crippen LogP contribution in [0.2, 0.25) is 0 Å². The summed E-state index contributed by atoms with van der Waals surface area (Å²) in [5.74, 6) is 0.880. The molecule has 0 aromatic heterocycles. The van der Waals surface area contributed by atoms with Crippen LogP contribution in [0, 0.1) is 0 Å². The maximum absolute atomic E-state index is 6.31. The number of para-hydroxylation sites is 1. The van der Waals surface area contributed by atoms with E-state index < -0.39 is 0 Å². The molecular weight excluding hydrogens is 260 g/mol. The van der Waals surface area contributed by atoms with E-state index in [0.29, 0.717) is 0 Å². The van der Waals surface area contributed by atoms with Crippen molar-refractivity contribution < 1.29 is 4.74 Å². The van der Waals surface area contributed by atoms with Crippen LogP contribution in [0.15, 0.2) is 48.5 Å². The third kappa shape index (κ3) is 2.61. The summed E-state index contributed by atoms with van der Waals surface area (Å²) in [6, 6.07) is 17.1. The minimum Gasteiger partial charge on any atom is -0.497 e. The normalized spacial score (nSPS) is 16.4. The van der Waals surface area contributed by atoms with Gasteiger partial charge >= 0.3 is 0 Å². The number of nitrogens with two attached hydrogens (primary N) is 1. The molecule has 0 amide bonds. The Morgan fingerprint density at radius 1 is 1.14 bits per heavy atom. The van der Waals surface area contributed by atoms with Crippen LogP contribution in [0.1, 0.15) is 24.1 Å². The van der Waals surface area contributed by atoms with Gasteiger partial charge in [0.05, 0.1) is 13.2 Å². The van der Waals surface area contributed by atoms with Crippen molar-refractivity contribution in [3.05, 3.63) is 59.7 Å². The summed E-state index contributed by atoms with van der Waals surface area (Å²) >= 11 is 0. The molecule has 0 bridgehead atoms. The van der Waals surface area contributed by atoms with Crippen LogP contribution in [-0.4, -0.2) is 19.7 Å². The molecule has 2 aromatic carbocycles. The van der Waals surface area contributed by atoms with Crippen LogP contribution in [0.5, 0.6) is 5.75 Å². The zero-order valence-corrected chi connectivity index (χ0v) is 12.6. The maximum Gasteiger partial charge on any atom is 0.119 e. The molecule has 1 heterocycles. The van der Waals surface area contributed by atoms with Gasteiger partial charge < -0.3 is 15.4 Å². The van der Waals surface area contributed by atoms with E-state index in [1.54, 1.807) is 7.11 Å². The predicted molar refractivity (Wildman–Crippen MR) is 86.9 cm³/mol. The number of benzene rings is 2. The molecular formula is C18H22N2O. The highest BCUT2D eigenvalue weighted by Gasteiger charge is 2.29. The lowest BCUT2D eigenvalue weighted by Gasteiger charge is -2.33. The monoisotopic (exact) mass is 282 g/mol. The molecule has 0 saturated heterocycles. The van der Waals surface area contributed by atoms with Crippen LogP contribution >= 0.6 is 0 Å². The van der Waals surface area contributed by atoms with Gasteiger partial charge in [0.25, 0.3) is 0 Å². The first-order chi connectivity index (χ1) is 10.2. The van der Waals surface area contributed by atoms with Gasteiger partial charge in [-0.2, -0.15) is 0 Å². The largest absolute Gasteiger partial charge is 0.497 e. The Labute approximate surface area is 126 Å². The van der Waals surface area contributed by atoms with Gasteiger partial charge in [0.1, 0.15) is 5.75 Å². The fourth-order valence-electron chi connectivity index (χ4n) is 3.25. The molecule has 2 N–H and O–H groups in total. The zero-order chi connectivity index (χ0) is 14.8. The molecule has 21 heavy (non-hydrogen) atoms. The van der Waals surface area contributed by atoms with Crippen molar-refractivity contribution in [3.8, 4) is 5.75 Å². The van der Waals surface area contributed by atoms with Crippen molar-refractivity contribution in [2.24, 2.45) is 5.73 Å². The fourth-order valence-corrected chi connectivity index (χ4v) is 3.25. The van der Waals surface area contributed by atoms with Crippen molar-refractivity contribution in [3.63, 3.8) is 0 Å². The SMILES string of the molecule is COc1cccc(C(C(C)N)N2CCc3ccccc32)c1. The lowest BCUT2D eigenvalue weighted by molar-refractivity contribution is 0.413.